The Kier molecular flexibility index (Phi) is 9.14. The molecular formula is C31H38N8O2S. The van der Waals surface area contributed by atoms with E-state index >= 15 is 0 Å². The first-order chi connectivity index (χ1) is 20.1. The largest absolute Gasteiger partial charge is 0.462 e. The molecule has 0 bridgehead atoms. The molecule has 0 saturated carbocycles. The lowest BCUT2D eigenvalue weighted by Crippen LogP contribution is -2.55. The number of carbonyl (C=O) groups is 1. The van der Waals surface area contributed by atoms with Gasteiger partial charge in [0.05, 0.1) is 42.7 Å². The number of likely N-dealkylation sites (tertiary alicyclic amines) is 1. The molecule has 42 heavy (non-hydrogen) atoms. The molecule has 3 aliphatic rings. The van der Waals surface area contributed by atoms with E-state index in [1.165, 1.54) is 17.9 Å². The molecule has 2 fully saturated rings. The van der Waals surface area contributed by atoms with Gasteiger partial charge >= 0.3 is 6.01 Å². The number of rotatable bonds is 7. The summed E-state index contributed by atoms with van der Waals surface area (Å²) in [6.07, 6.45) is 8.46. The van der Waals surface area contributed by atoms with Crippen molar-refractivity contribution in [2.75, 3.05) is 56.2 Å². The summed E-state index contributed by atoms with van der Waals surface area (Å²) in [6, 6.07) is 11.1. The van der Waals surface area contributed by atoms with E-state index in [1.54, 1.807) is 4.90 Å². The molecule has 1 aromatic carbocycles. The number of anilines is 2. The Morgan fingerprint density at radius 2 is 2.00 bits per heavy atom. The molecule has 2 saturated heterocycles. The summed E-state index contributed by atoms with van der Waals surface area (Å²) in [4.78, 5) is 35.6. The SMILES string of the molecule is C=CC(=O)N1CCN(c2nc(OC[C@@H]3CCCN3C)nc3c2CCN(c2cncc4ccccc24)C3)CC1CC#N.S. The van der Waals surface area contributed by atoms with Crippen molar-refractivity contribution < 1.29 is 9.53 Å². The van der Waals surface area contributed by atoms with E-state index in [9.17, 15) is 10.1 Å². The minimum atomic E-state index is -0.233. The van der Waals surface area contributed by atoms with Crippen molar-refractivity contribution in [3.63, 3.8) is 0 Å². The second-order valence-electron chi connectivity index (χ2n) is 11.1. The van der Waals surface area contributed by atoms with Crippen LogP contribution in [0.2, 0.25) is 0 Å². The predicted molar refractivity (Wildman–Crippen MR) is 168 cm³/mol. The normalized spacial score (nSPS) is 20.5. The molecule has 0 aliphatic carbocycles. The Labute approximate surface area is 254 Å². The van der Waals surface area contributed by atoms with E-state index < -0.39 is 0 Å². The van der Waals surface area contributed by atoms with Gasteiger partial charge in [0.25, 0.3) is 0 Å². The van der Waals surface area contributed by atoms with Gasteiger partial charge in [-0.2, -0.15) is 28.7 Å². The van der Waals surface area contributed by atoms with Crippen LogP contribution in [-0.4, -0.2) is 89.1 Å². The Bertz CT molecular complexity index is 1490. The minimum Gasteiger partial charge on any atom is -0.462 e. The van der Waals surface area contributed by atoms with E-state index in [4.69, 9.17) is 14.7 Å². The number of benzene rings is 1. The van der Waals surface area contributed by atoms with E-state index in [2.05, 4.69) is 57.6 Å². The Balaban J connectivity index is 0.00000353. The van der Waals surface area contributed by atoms with Crippen LogP contribution in [0.5, 0.6) is 6.01 Å². The second kappa shape index (κ2) is 13.0. The zero-order valence-corrected chi connectivity index (χ0v) is 25.1. The third-order valence-corrected chi connectivity index (χ3v) is 8.65. The first-order valence-electron chi connectivity index (χ1n) is 14.4. The zero-order chi connectivity index (χ0) is 28.3. The van der Waals surface area contributed by atoms with Gasteiger partial charge in [-0.15, -0.1) is 0 Å². The van der Waals surface area contributed by atoms with Crippen LogP contribution < -0.4 is 14.5 Å². The molecule has 1 unspecified atom stereocenters. The number of ether oxygens (including phenoxy) is 1. The average Bonchev–Trinajstić information content (AvgIpc) is 3.43. The van der Waals surface area contributed by atoms with Crippen molar-refractivity contribution in [1.29, 1.82) is 5.26 Å². The minimum absolute atomic E-state index is 0. The van der Waals surface area contributed by atoms with Crippen LogP contribution in [0.15, 0.2) is 49.3 Å². The molecule has 0 N–H and O–H groups in total. The van der Waals surface area contributed by atoms with Crippen LogP contribution in [-0.2, 0) is 17.8 Å². The summed E-state index contributed by atoms with van der Waals surface area (Å²) in [5.41, 5.74) is 3.15. The summed E-state index contributed by atoms with van der Waals surface area (Å²) in [5, 5.41) is 11.8. The molecule has 11 heteroatoms. The number of hydrogen-bond donors (Lipinski definition) is 0. The van der Waals surface area contributed by atoms with Crippen molar-refractivity contribution >= 4 is 41.7 Å². The van der Waals surface area contributed by atoms with Gasteiger partial charge in [-0.1, -0.05) is 30.8 Å². The number of fused-ring (bicyclic) bond motifs is 2. The van der Waals surface area contributed by atoms with Crippen LogP contribution in [0, 0.1) is 11.3 Å². The zero-order valence-electron chi connectivity index (χ0n) is 24.1. The first kappa shape index (κ1) is 29.6. The van der Waals surface area contributed by atoms with Gasteiger partial charge in [0, 0.05) is 54.8 Å². The molecule has 2 aromatic heterocycles. The summed E-state index contributed by atoms with van der Waals surface area (Å²) in [5.74, 6) is 0.716. The number of nitriles is 1. The number of piperazine rings is 1. The van der Waals surface area contributed by atoms with E-state index in [0.717, 1.165) is 54.1 Å². The third-order valence-electron chi connectivity index (χ3n) is 8.65. The molecular weight excluding hydrogens is 548 g/mol. The topological polar surface area (TPSA) is 102 Å². The summed E-state index contributed by atoms with van der Waals surface area (Å²) in [7, 11) is 2.13. The van der Waals surface area contributed by atoms with Gasteiger partial charge in [0.1, 0.15) is 12.4 Å². The maximum absolute atomic E-state index is 12.5. The maximum Gasteiger partial charge on any atom is 0.318 e. The Morgan fingerprint density at radius 1 is 1.14 bits per heavy atom. The fraction of sp³-hybridized carbons (Fsp3) is 0.452. The van der Waals surface area contributed by atoms with Crippen molar-refractivity contribution in [1.82, 2.24) is 24.8 Å². The molecule has 0 radical (unpaired) electrons. The lowest BCUT2D eigenvalue weighted by molar-refractivity contribution is -0.128. The summed E-state index contributed by atoms with van der Waals surface area (Å²) in [6.45, 7) is 8.35. The number of aromatic nitrogens is 3. The van der Waals surface area contributed by atoms with E-state index in [1.807, 2.05) is 18.5 Å². The van der Waals surface area contributed by atoms with Crippen molar-refractivity contribution in [2.24, 2.45) is 0 Å². The number of carbonyl (C=O) groups excluding carboxylic acids is 1. The number of hydrogen-bond acceptors (Lipinski definition) is 9. The van der Waals surface area contributed by atoms with Gasteiger partial charge < -0.3 is 24.3 Å². The van der Waals surface area contributed by atoms with Crippen LogP contribution in [0.4, 0.5) is 11.5 Å². The van der Waals surface area contributed by atoms with E-state index in [-0.39, 0.29) is 31.9 Å². The van der Waals surface area contributed by atoms with Gasteiger partial charge in [0.15, 0.2) is 0 Å². The average molecular weight is 587 g/mol. The molecule has 5 heterocycles. The maximum atomic E-state index is 12.5. The lowest BCUT2D eigenvalue weighted by Gasteiger charge is -2.42. The first-order valence-corrected chi connectivity index (χ1v) is 14.4. The van der Waals surface area contributed by atoms with E-state index in [0.29, 0.717) is 44.8 Å². The monoisotopic (exact) mass is 586 g/mol. The highest BCUT2D eigenvalue weighted by molar-refractivity contribution is 7.59. The lowest BCUT2D eigenvalue weighted by atomic mass is 10.0. The number of likely N-dealkylation sites (N-methyl/N-ethyl adjacent to an activating group) is 1. The number of pyridine rings is 1. The van der Waals surface area contributed by atoms with Gasteiger partial charge in [-0.25, -0.2) is 0 Å². The molecule has 3 aliphatic heterocycles. The van der Waals surface area contributed by atoms with Gasteiger partial charge in [-0.3, -0.25) is 9.78 Å². The molecule has 1 amide bonds. The molecule has 3 aromatic rings. The summed E-state index contributed by atoms with van der Waals surface area (Å²) < 4.78 is 6.27. The third kappa shape index (κ3) is 5.87. The van der Waals surface area contributed by atoms with Crippen LogP contribution in [0.1, 0.15) is 30.5 Å². The highest BCUT2D eigenvalue weighted by atomic mass is 32.1. The summed E-state index contributed by atoms with van der Waals surface area (Å²) >= 11 is 0. The van der Waals surface area contributed by atoms with Gasteiger partial charge in [0.2, 0.25) is 5.91 Å². The molecule has 2 atom stereocenters. The van der Waals surface area contributed by atoms with Crippen molar-refractivity contribution in [3.8, 4) is 12.1 Å². The second-order valence-corrected chi connectivity index (χ2v) is 11.1. The Morgan fingerprint density at radius 3 is 2.79 bits per heavy atom. The molecule has 6 rings (SSSR count). The van der Waals surface area contributed by atoms with Gasteiger partial charge in [-0.05, 0) is 38.9 Å². The standard InChI is InChI=1S/C31H36N8O2.H2S/c1-3-29(40)39-16-15-38(19-23(39)10-12-32)30-26-11-14-37(28-18-33-17-22-7-4-5-9-25(22)28)20-27(26)34-31(35-30)41-21-24-8-6-13-36(24)2;/h3-5,7,9,17-18,23-24H,1,6,8,10-11,13-16,19-21H2,2H3;1H2/t23?,24-;/m0./s1. The molecule has 220 valence electrons. The van der Waals surface area contributed by atoms with Crippen molar-refractivity contribution in [2.45, 2.75) is 44.3 Å². The predicted octanol–water partition coefficient (Wildman–Crippen LogP) is 3.29. The molecule has 10 nitrogen and oxygen atoms in total. The smallest absolute Gasteiger partial charge is 0.318 e. The highest BCUT2D eigenvalue weighted by Crippen LogP contribution is 2.34. The quantitative estimate of drug-likeness (QED) is 0.386. The van der Waals surface area contributed by atoms with Crippen LogP contribution >= 0.6 is 13.5 Å². The van der Waals surface area contributed by atoms with Crippen molar-refractivity contribution in [3.05, 3.63) is 60.6 Å². The fourth-order valence-corrected chi connectivity index (χ4v) is 6.37. The highest BCUT2D eigenvalue weighted by Gasteiger charge is 2.33. The number of nitrogens with zero attached hydrogens (tertiary/aromatic N) is 8. The number of amides is 1. The Hall–Kier alpha value is -3.88. The molecule has 0 spiro atoms. The van der Waals surface area contributed by atoms with Crippen LogP contribution in [0.3, 0.4) is 0 Å². The van der Waals surface area contributed by atoms with Crippen LogP contribution in [0.25, 0.3) is 10.8 Å². The fourth-order valence-electron chi connectivity index (χ4n) is 6.37.